The van der Waals surface area contributed by atoms with Crippen LogP contribution in [0.1, 0.15) is 31.2 Å². The lowest BCUT2D eigenvalue weighted by Crippen LogP contribution is -2.66. The van der Waals surface area contributed by atoms with Crippen LogP contribution in [0.3, 0.4) is 0 Å². The number of nitrogens with zero attached hydrogens (tertiary/aromatic N) is 2. The van der Waals surface area contributed by atoms with E-state index in [-0.39, 0.29) is 54.2 Å². The summed E-state index contributed by atoms with van der Waals surface area (Å²) in [6, 6.07) is 18.1. The Morgan fingerprint density at radius 2 is 1.81 bits per heavy atom. The topological polar surface area (TPSA) is 116 Å². The highest BCUT2D eigenvalue weighted by atomic mass is 16.7. The molecule has 0 bridgehead atoms. The average molecular weight is 572 g/mol. The highest BCUT2D eigenvalue weighted by Gasteiger charge is 2.55. The number of fused-ring (bicyclic) bond motifs is 1. The summed E-state index contributed by atoms with van der Waals surface area (Å²) in [7, 11) is 0. The van der Waals surface area contributed by atoms with Crippen molar-refractivity contribution < 1.29 is 14.4 Å². The summed E-state index contributed by atoms with van der Waals surface area (Å²) in [6.45, 7) is 8.33. The molecule has 2 aromatic carbocycles. The van der Waals surface area contributed by atoms with Crippen LogP contribution >= 0.6 is 0 Å². The number of ether oxygens (including phenoxy) is 1. The lowest BCUT2D eigenvalue weighted by molar-refractivity contribution is -0.127. The van der Waals surface area contributed by atoms with E-state index in [1.165, 1.54) is 11.6 Å². The van der Waals surface area contributed by atoms with Crippen molar-refractivity contribution >= 4 is 5.91 Å². The molecular formula is C32H41N7O3. The zero-order valence-corrected chi connectivity index (χ0v) is 24.0. The third-order valence-corrected chi connectivity index (χ3v) is 9.02. The predicted octanol–water partition coefficient (Wildman–Crippen LogP) is 1.85. The molecule has 0 spiro atoms. The Bertz CT molecular complexity index is 1280. The maximum absolute atomic E-state index is 12.1. The number of piperidine rings is 1. The normalized spacial score (nSPS) is 30.7. The molecule has 6 rings (SSSR count). The lowest BCUT2D eigenvalue weighted by atomic mass is 9.80. The van der Waals surface area contributed by atoms with Crippen LogP contribution in [0.4, 0.5) is 0 Å². The van der Waals surface area contributed by atoms with Gasteiger partial charge in [0.05, 0.1) is 24.5 Å². The second kappa shape index (κ2) is 12.9. The fourth-order valence-corrected chi connectivity index (χ4v) is 6.82. The summed E-state index contributed by atoms with van der Waals surface area (Å²) >= 11 is 0. The first-order valence-corrected chi connectivity index (χ1v) is 14.9. The molecule has 4 heterocycles. The molecule has 0 aromatic heterocycles. The van der Waals surface area contributed by atoms with E-state index in [0.29, 0.717) is 26.5 Å². The largest absolute Gasteiger partial charge is 0.457 e. The number of carbonyl (C=O) groups is 1. The molecule has 42 heavy (non-hydrogen) atoms. The van der Waals surface area contributed by atoms with E-state index in [4.69, 9.17) is 15.3 Å². The van der Waals surface area contributed by atoms with Crippen molar-refractivity contribution in [2.45, 2.75) is 56.3 Å². The number of nitrogens with one attached hydrogen (secondary N) is 4. The molecule has 0 radical (unpaired) electrons. The average Bonchev–Trinajstić information content (AvgIpc) is 3.68. The Morgan fingerprint density at radius 3 is 2.50 bits per heavy atom. The third kappa shape index (κ3) is 5.96. The Labute approximate surface area is 247 Å². The van der Waals surface area contributed by atoms with Crippen molar-refractivity contribution in [3.8, 4) is 23.3 Å². The van der Waals surface area contributed by atoms with Crippen LogP contribution in [0.2, 0.25) is 0 Å². The number of hydroxylamine groups is 1. The molecule has 10 nitrogen and oxygen atoms in total. The molecule has 2 aromatic rings. The first kappa shape index (κ1) is 28.8. The summed E-state index contributed by atoms with van der Waals surface area (Å²) in [5.41, 5.74) is 11.1. The van der Waals surface area contributed by atoms with Gasteiger partial charge in [-0.2, -0.15) is 5.48 Å². The Kier molecular flexibility index (Phi) is 8.88. The fraction of sp³-hybridized carbons (Fsp3) is 0.469. The maximum Gasteiger partial charge on any atom is 0.245 e. The molecule has 4 saturated heterocycles. The highest BCUT2D eigenvalue weighted by Crippen LogP contribution is 2.45. The van der Waals surface area contributed by atoms with Crippen LogP contribution in [0, 0.1) is 23.7 Å². The van der Waals surface area contributed by atoms with Crippen molar-refractivity contribution in [2.24, 2.45) is 17.6 Å². The van der Waals surface area contributed by atoms with E-state index in [1.807, 2.05) is 47.4 Å². The first-order chi connectivity index (χ1) is 20.5. The monoisotopic (exact) mass is 571 g/mol. The maximum atomic E-state index is 12.1. The summed E-state index contributed by atoms with van der Waals surface area (Å²) in [6.07, 6.45) is 2.89. The van der Waals surface area contributed by atoms with Gasteiger partial charge in [0, 0.05) is 43.6 Å². The molecule has 6 N–H and O–H groups in total. The number of likely N-dealkylation sites (tertiary alicyclic amines) is 2. The van der Waals surface area contributed by atoms with Crippen LogP contribution < -0.4 is 31.9 Å². The molecule has 4 fully saturated rings. The van der Waals surface area contributed by atoms with Crippen LogP contribution in [0.25, 0.3) is 0 Å². The van der Waals surface area contributed by atoms with Crippen molar-refractivity contribution in [1.29, 1.82) is 0 Å². The van der Waals surface area contributed by atoms with Gasteiger partial charge in [-0.15, -0.1) is 0 Å². The van der Waals surface area contributed by atoms with E-state index in [1.54, 1.807) is 0 Å². The van der Waals surface area contributed by atoms with Crippen LogP contribution in [0.15, 0.2) is 67.3 Å². The van der Waals surface area contributed by atoms with E-state index >= 15 is 0 Å². The Hall–Kier alpha value is -3.27. The van der Waals surface area contributed by atoms with Gasteiger partial charge < -0.3 is 15.4 Å². The number of benzene rings is 2. The Balaban J connectivity index is 1.31. The minimum absolute atomic E-state index is 0.00706. The number of carbonyl (C=O) groups excluding carboxylic acids is 1. The smallest absolute Gasteiger partial charge is 0.245 e. The standard InChI is InChI=1S/C32H41N7O3/c1-3-27(40)38-17-15-22(16-18-38)9-14-26-28(23-10-12-25(13-11-23)42-24-7-5-4-6-8-24)29-30(33)34-19-35-32(29)39(26)21(2)31-36-20-41-37-31/h3-8,10-13,21-22,26,28-32,34-37H,1,15-20,33H2,2H3. The van der Waals surface area contributed by atoms with Crippen LogP contribution in [-0.4, -0.2) is 72.8 Å². The molecular weight excluding hydrogens is 530 g/mol. The number of nitrogens with two attached hydrogens (primary N) is 1. The number of amides is 1. The van der Waals surface area contributed by atoms with Gasteiger partial charge in [0.1, 0.15) is 18.2 Å². The van der Waals surface area contributed by atoms with Crippen LogP contribution in [-0.2, 0) is 9.63 Å². The lowest BCUT2D eigenvalue weighted by Gasteiger charge is -2.41. The van der Waals surface area contributed by atoms with Crippen molar-refractivity contribution in [1.82, 2.24) is 31.2 Å². The van der Waals surface area contributed by atoms with Gasteiger partial charge in [-0.25, -0.2) is 0 Å². The molecule has 0 aliphatic carbocycles. The molecule has 222 valence electrons. The van der Waals surface area contributed by atoms with Gasteiger partial charge in [-0.05, 0) is 55.7 Å². The summed E-state index contributed by atoms with van der Waals surface area (Å²) in [4.78, 5) is 21.9. The molecule has 7 unspecified atom stereocenters. The van der Waals surface area contributed by atoms with Gasteiger partial charge in [0.25, 0.3) is 0 Å². The van der Waals surface area contributed by atoms with Crippen LogP contribution in [0.5, 0.6) is 11.5 Å². The second-order valence-corrected chi connectivity index (χ2v) is 11.5. The van der Waals surface area contributed by atoms with Crippen molar-refractivity contribution in [3.63, 3.8) is 0 Å². The number of rotatable bonds is 6. The van der Waals surface area contributed by atoms with E-state index in [0.717, 1.165) is 24.3 Å². The first-order valence-electron chi connectivity index (χ1n) is 14.9. The summed E-state index contributed by atoms with van der Waals surface area (Å²) in [5, 5.41) is 10.5. The second-order valence-electron chi connectivity index (χ2n) is 11.5. The number of hydrogen-bond donors (Lipinski definition) is 5. The number of para-hydroxylation sites is 1. The SMILES string of the molecule is C=CC(=O)N1CCC(C#CC2C(c3ccc(Oc4ccccc4)cc3)C3C(N)NCNC3N2C(C)C2NCON2)CC1. The van der Waals surface area contributed by atoms with E-state index < -0.39 is 0 Å². The van der Waals surface area contributed by atoms with Crippen molar-refractivity contribution in [3.05, 3.63) is 72.8 Å². The molecule has 4 aliphatic rings. The number of hydrogen-bond acceptors (Lipinski definition) is 9. The van der Waals surface area contributed by atoms with E-state index in [9.17, 15) is 4.79 Å². The molecule has 7 atom stereocenters. The van der Waals surface area contributed by atoms with Crippen molar-refractivity contribution in [2.75, 3.05) is 26.5 Å². The summed E-state index contributed by atoms with van der Waals surface area (Å²) in [5.74, 6) is 9.33. The molecule has 1 amide bonds. The minimum Gasteiger partial charge on any atom is -0.457 e. The quantitative estimate of drug-likeness (QED) is 0.262. The van der Waals surface area contributed by atoms with E-state index in [2.05, 4.69) is 63.8 Å². The van der Waals surface area contributed by atoms with Gasteiger partial charge in [0.15, 0.2) is 0 Å². The zero-order valence-electron chi connectivity index (χ0n) is 24.0. The van der Waals surface area contributed by atoms with Gasteiger partial charge in [-0.1, -0.05) is 48.8 Å². The zero-order chi connectivity index (χ0) is 29.1. The predicted molar refractivity (Wildman–Crippen MR) is 160 cm³/mol. The highest BCUT2D eigenvalue weighted by molar-refractivity contribution is 5.87. The molecule has 10 heteroatoms. The summed E-state index contributed by atoms with van der Waals surface area (Å²) < 4.78 is 6.09. The molecule has 0 saturated carbocycles. The third-order valence-electron chi connectivity index (χ3n) is 9.02. The van der Waals surface area contributed by atoms with Gasteiger partial charge in [-0.3, -0.25) is 30.5 Å². The van der Waals surface area contributed by atoms with Gasteiger partial charge >= 0.3 is 0 Å². The molecule has 4 aliphatic heterocycles. The minimum atomic E-state index is -0.197. The Morgan fingerprint density at radius 1 is 1.07 bits per heavy atom. The fourth-order valence-electron chi connectivity index (χ4n) is 6.82. The van der Waals surface area contributed by atoms with Gasteiger partial charge in [0.2, 0.25) is 5.91 Å².